The Morgan fingerprint density at radius 3 is 2.34 bits per heavy atom. The predicted molar refractivity (Wildman–Crippen MR) is 185 cm³/mol. The van der Waals surface area contributed by atoms with E-state index in [-0.39, 0.29) is 35.5 Å². The van der Waals surface area contributed by atoms with Crippen molar-refractivity contribution < 1.29 is 28.2 Å². The number of aromatic nitrogens is 1. The topological polar surface area (TPSA) is 116 Å². The number of benzene rings is 3. The van der Waals surface area contributed by atoms with Crippen LogP contribution in [0.4, 0.5) is 5.69 Å². The molecule has 5 rings (SSSR count). The van der Waals surface area contributed by atoms with Gasteiger partial charge in [-0.2, -0.15) is 5.10 Å². The van der Waals surface area contributed by atoms with E-state index in [0.29, 0.717) is 32.3 Å². The number of hydrogen-bond donors (Lipinski definition) is 2. The van der Waals surface area contributed by atoms with Crippen molar-refractivity contribution in [1.29, 1.82) is 0 Å². The first-order valence-electron chi connectivity index (χ1n) is 14.2. The van der Waals surface area contributed by atoms with Gasteiger partial charge < -0.3 is 28.5 Å². The molecule has 0 saturated heterocycles. The summed E-state index contributed by atoms with van der Waals surface area (Å²) in [5, 5.41) is 7.43. The minimum Gasteiger partial charge on any atom is -0.493 e. The fourth-order valence-corrected chi connectivity index (χ4v) is 5.35. The van der Waals surface area contributed by atoms with Crippen LogP contribution in [-0.2, 0) is 11.4 Å². The molecule has 0 aliphatic heterocycles. The molecule has 0 aliphatic carbocycles. The van der Waals surface area contributed by atoms with Gasteiger partial charge in [-0.1, -0.05) is 23.2 Å². The number of carbonyl (C=O) groups excluding carboxylic acids is 2. The maximum absolute atomic E-state index is 12.7. The monoisotopic (exact) mass is 738 g/mol. The number of carbonyl (C=O) groups is 2. The molecule has 242 valence electrons. The number of aryl methyl sites for hydroxylation is 2. The van der Waals surface area contributed by atoms with Crippen LogP contribution < -0.4 is 25.0 Å². The van der Waals surface area contributed by atoms with Crippen LogP contribution in [0, 0.1) is 13.8 Å². The number of hydrogen-bond acceptors (Lipinski definition) is 7. The standard InChI is InChI=1S/C34H29BrCl2N4O6/c1-20-4-5-21(2)41(20)25-10-12-26(13-11-25)45-18-27-14-15-28(47-27)34(43)40-38-17-22-16-29(44-3)33(32(37)31(22)35)46-19-30(42)39-24-8-6-23(36)7-9-24/h4-17H,18-19H2,1-3H3,(H,39,42)(H,40,43)/b38-17+. The van der Waals surface area contributed by atoms with Crippen LogP contribution >= 0.6 is 39.1 Å². The van der Waals surface area contributed by atoms with Crippen LogP contribution in [0.5, 0.6) is 17.2 Å². The third kappa shape index (κ3) is 8.37. The minimum atomic E-state index is -0.560. The summed E-state index contributed by atoms with van der Waals surface area (Å²) in [5.41, 5.74) is 6.81. The molecular weight excluding hydrogens is 711 g/mol. The summed E-state index contributed by atoms with van der Waals surface area (Å²) in [6.45, 7) is 3.93. The Morgan fingerprint density at radius 2 is 1.66 bits per heavy atom. The number of nitrogens with zero attached hydrogens (tertiary/aromatic N) is 2. The number of nitrogens with one attached hydrogen (secondary N) is 2. The Bertz CT molecular complexity index is 1900. The second-order valence-corrected chi connectivity index (χ2v) is 11.8. The van der Waals surface area contributed by atoms with Gasteiger partial charge in [-0.25, -0.2) is 5.43 Å². The first-order valence-corrected chi connectivity index (χ1v) is 15.7. The van der Waals surface area contributed by atoms with Crippen molar-refractivity contribution in [2.45, 2.75) is 20.5 Å². The third-order valence-electron chi connectivity index (χ3n) is 6.85. The summed E-state index contributed by atoms with van der Waals surface area (Å²) in [7, 11) is 1.43. The first kappa shape index (κ1) is 33.6. The predicted octanol–water partition coefficient (Wildman–Crippen LogP) is 8.13. The third-order valence-corrected chi connectivity index (χ3v) is 8.55. The Morgan fingerprint density at radius 1 is 0.957 bits per heavy atom. The van der Waals surface area contributed by atoms with E-state index in [1.54, 1.807) is 36.4 Å². The SMILES string of the molecule is COc1cc(/C=N/NC(=O)c2ccc(COc3ccc(-n4c(C)ccc4C)cc3)o2)c(Br)c(Cl)c1OCC(=O)Nc1ccc(Cl)cc1. The zero-order chi connectivity index (χ0) is 33.5. The van der Waals surface area contributed by atoms with E-state index in [1.807, 2.05) is 24.3 Å². The van der Waals surface area contributed by atoms with Gasteiger partial charge in [0.05, 0.1) is 13.3 Å². The molecule has 2 aromatic heterocycles. The summed E-state index contributed by atoms with van der Waals surface area (Å²) in [6, 6.07) is 23.3. The van der Waals surface area contributed by atoms with Gasteiger partial charge in [-0.15, -0.1) is 0 Å². The van der Waals surface area contributed by atoms with E-state index in [4.69, 9.17) is 41.8 Å². The van der Waals surface area contributed by atoms with Crippen LogP contribution in [0.3, 0.4) is 0 Å². The van der Waals surface area contributed by atoms with Gasteiger partial charge in [0.2, 0.25) is 0 Å². The van der Waals surface area contributed by atoms with Crippen LogP contribution in [0.25, 0.3) is 5.69 Å². The molecule has 47 heavy (non-hydrogen) atoms. The van der Waals surface area contributed by atoms with Crippen LogP contribution in [0.15, 0.2) is 92.9 Å². The molecule has 0 radical (unpaired) electrons. The molecule has 13 heteroatoms. The first-order chi connectivity index (χ1) is 22.6. The Labute approximate surface area is 289 Å². The van der Waals surface area contributed by atoms with Crippen molar-refractivity contribution in [1.82, 2.24) is 9.99 Å². The fraction of sp³-hybridized carbons (Fsp3) is 0.147. The molecule has 2 N–H and O–H groups in total. The number of rotatable bonds is 12. The maximum Gasteiger partial charge on any atom is 0.307 e. The number of halogens is 3. The number of amides is 2. The normalized spacial score (nSPS) is 11.0. The largest absolute Gasteiger partial charge is 0.493 e. The van der Waals surface area contributed by atoms with Gasteiger partial charge >= 0.3 is 5.91 Å². The lowest BCUT2D eigenvalue weighted by Gasteiger charge is -2.15. The summed E-state index contributed by atoms with van der Waals surface area (Å²) < 4.78 is 25.1. The molecular formula is C34H29BrCl2N4O6. The average molecular weight is 740 g/mol. The van der Waals surface area contributed by atoms with Gasteiger partial charge in [0.15, 0.2) is 23.9 Å². The van der Waals surface area contributed by atoms with Crippen molar-refractivity contribution >= 4 is 62.8 Å². The fourth-order valence-electron chi connectivity index (χ4n) is 4.57. The Kier molecular flexibility index (Phi) is 10.9. The molecule has 0 bridgehead atoms. The van der Waals surface area contributed by atoms with Crippen molar-refractivity contribution in [3.05, 3.63) is 122 Å². The van der Waals surface area contributed by atoms with Gasteiger partial charge in [-0.05, 0) is 109 Å². The Balaban J connectivity index is 1.15. The molecule has 2 heterocycles. The van der Waals surface area contributed by atoms with E-state index in [2.05, 4.69) is 62.3 Å². The molecule has 0 fully saturated rings. The zero-order valence-corrected chi connectivity index (χ0v) is 28.6. The summed E-state index contributed by atoms with van der Waals surface area (Å²) in [6.07, 6.45) is 1.38. The highest BCUT2D eigenvalue weighted by atomic mass is 79.9. The smallest absolute Gasteiger partial charge is 0.307 e. The molecule has 0 saturated carbocycles. The molecule has 0 spiro atoms. The zero-order valence-electron chi connectivity index (χ0n) is 25.5. The van der Waals surface area contributed by atoms with E-state index in [0.717, 1.165) is 17.1 Å². The van der Waals surface area contributed by atoms with Crippen molar-refractivity contribution in [3.8, 4) is 22.9 Å². The van der Waals surface area contributed by atoms with Crippen LogP contribution in [-0.4, -0.2) is 36.3 Å². The molecule has 3 aromatic carbocycles. The van der Waals surface area contributed by atoms with Crippen molar-refractivity contribution in [3.63, 3.8) is 0 Å². The maximum atomic E-state index is 12.7. The molecule has 0 unspecified atom stereocenters. The van der Waals surface area contributed by atoms with Gasteiger partial charge in [-0.3, -0.25) is 9.59 Å². The minimum absolute atomic E-state index is 0.0601. The average Bonchev–Trinajstić information content (AvgIpc) is 3.68. The second-order valence-electron chi connectivity index (χ2n) is 10.2. The molecule has 5 aromatic rings. The quantitative estimate of drug-likeness (QED) is 0.0987. The molecule has 2 amide bonds. The summed E-state index contributed by atoms with van der Waals surface area (Å²) in [4.78, 5) is 25.0. The number of hydrazone groups is 1. The molecule has 10 nitrogen and oxygen atoms in total. The lowest BCUT2D eigenvalue weighted by atomic mass is 10.2. The van der Waals surface area contributed by atoms with E-state index >= 15 is 0 Å². The number of ether oxygens (including phenoxy) is 3. The van der Waals surface area contributed by atoms with E-state index in [9.17, 15) is 9.59 Å². The van der Waals surface area contributed by atoms with Crippen molar-refractivity contribution in [2.75, 3.05) is 19.0 Å². The van der Waals surface area contributed by atoms with Gasteiger partial charge in [0.25, 0.3) is 5.91 Å². The number of anilines is 1. The van der Waals surface area contributed by atoms with Gasteiger partial charge in [0, 0.05) is 37.8 Å². The van der Waals surface area contributed by atoms with E-state index in [1.165, 1.54) is 19.4 Å². The number of methoxy groups -OCH3 is 1. The van der Waals surface area contributed by atoms with Crippen molar-refractivity contribution in [2.24, 2.45) is 5.10 Å². The summed E-state index contributed by atoms with van der Waals surface area (Å²) in [5.74, 6) is 0.638. The highest BCUT2D eigenvalue weighted by Gasteiger charge is 2.19. The molecule has 0 aliphatic rings. The lowest BCUT2D eigenvalue weighted by molar-refractivity contribution is -0.118. The number of furan rings is 1. The highest BCUT2D eigenvalue weighted by Crippen LogP contribution is 2.42. The van der Waals surface area contributed by atoms with Crippen LogP contribution in [0.2, 0.25) is 10.0 Å². The molecule has 0 atom stereocenters. The second kappa shape index (κ2) is 15.3. The lowest BCUT2D eigenvalue weighted by Crippen LogP contribution is -2.20. The van der Waals surface area contributed by atoms with Crippen LogP contribution in [0.1, 0.15) is 33.3 Å². The van der Waals surface area contributed by atoms with E-state index < -0.39 is 11.8 Å². The summed E-state index contributed by atoms with van der Waals surface area (Å²) >= 11 is 15.8. The highest BCUT2D eigenvalue weighted by molar-refractivity contribution is 9.10. The van der Waals surface area contributed by atoms with Gasteiger partial charge in [0.1, 0.15) is 23.1 Å². The Hall–Kier alpha value is -4.71.